The van der Waals surface area contributed by atoms with E-state index in [0.29, 0.717) is 5.92 Å². The molecule has 0 spiro atoms. The van der Waals surface area contributed by atoms with Crippen molar-refractivity contribution < 1.29 is 4.42 Å². The third-order valence-corrected chi connectivity index (χ3v) is 3.47. The highest BCUT2D eigenvalue weighted by atomic mass is 16.3. The number of anilines is 1. The summed E-state index contributed by atoms with van der Waals surface area (Å²) in [6, 6.07) is 3.90. The number of furan rings is 1. The normalized spacial score (nSPS) is 25.6. The van der Waals surface area contributed by atoms with Gasteiger partial charge < -0.3 is 9.73 Å². The van der Waals surface area contributed by atoms with Crippen LogP contribution in [0.2, 0.25) is 0 Å². The molecule has 1 aromatic rings. The molecule has 0 aliphatic heterocycles. The minimum Gasteiger partial charge on any atom is -0.449 e. The van der Waals surface area contributed by atoms with E-state index in [1.54, 1.807) is 11.8 Å². The Labute approximate surface area is 97.7 Å². The van der Waals surface area contributed by atoms with Crippen LogP contribution in [0.1, 0.15) is 40.0 Å². The third kappa shape index (κ3) is 2.49. The van der Waals surface area contributed by atoms with Crippen LogP contribution in [0, 0.1) is 5.92 Å². The van der Waals surface area contributed by atoms with Crippen molar-refractivity contribution in [3.05, 3.63) is 30.0 Å². The van der Waals surface area contributed by atoms with Crippen molar-refractivity contribution in [2.24, 2.45) is 5.92 Å². The van der Waals surface area contributed by atoms with Gasteiger partial charge in [0.1, 0.15) is 0 Å². The van der Waals surface area contributed by atoms with Gasteiger partial charge >= 0.3 is 0 Å². The van der Waals surface area contributed by atoms with E-state index in [-0.39, 0.29) is 5.54 Å². The Hall–Kier alpha value is -1.18. The molecular formula is C14H21NO. The van der Waals surface area contributed by atoms with Crippen LogP contribution in [0.25, 0.3) is 0 Å². The average molecular weight is 219 g/mol. The van der Waals surface area contributed by atoms with Crippen LogP contribution in [0.4, 0.5) is 5.88 Å². The molecule has 0 saturated heterocycles. The summed E-state index contributed by atoms with van der Waals surface area (Å²) in [6.45, 7) is 6.81. The summed E-state index contributed by atoms with van der Waals surface area (Å²) in [6.07, 6.45) is 7.56. The molecule has 2 nitrogen and oxygen atoms in total. The number of rotatable bonds is 3. The van der Waals surface area contributed by atoms with Gasteiger partial charge in [0, 0.05) is 11.6 Å². The van der Waals surface area contributed by atoms with Gasteiger partial charge in [0.2, 0.25) is 0 Å². The van der Waals surface area contributed by atoms with Gasteiger partial charge in [-0.3, -0.25) is 0 Å². The van der Waals surface area contributed by atoms with E-state index in [2.05, 4.69) is 32.2 Å². The highest BCUT2D eigenvalue weighted by Crippen LogP contribution is 2.33. The lowest BCUT2D eigenvalue weighted by atomic mass is 9.81. The molecule has 1 aromatic heterocycles. The SMILES string of the molecule is CC(C)C1=CCC(C)(Nc2ccco2)CC1. The third-order valence-electron chi connectivity index (χ3n) is 3.47. The molecule has 16 heavy (non-hydrogen) atoms. The van der Waals surface area contributed by atoms with Crippen LogP contribution in [0.5, 0.6) is 0 Å². The predicted molar refractivity (Wildman–Crippen MR) is 67.5 cm³/mol. The Morgan fingerprint density at radius 2 is 2.25 bits per heavy atom. The molecule has 1 aliphatic rings. The lowest BCUT2D eigenvalue weighted by Crippen LogP contribution is -2.36. The highest BCUT2D eigenvalue weighted by Gasteiger charge is 2.27. The lowest BCUT2D eigenvalue weighted by molar-refractivity contribution is 0.425. The standard InChI is InChI=1S/C14H21NO/c1-11(2)12-6-8-14(3,9-7-12)15-13-5-4-10-16-13/h4-6,10-11,15H,7-9H2,1-3H3. The molecule has 1 atom stereocenters. The van der Waals surface area contributed by atoms with Crippen molar-refractivity contribution >= 4 is 5.88 Å². The Bertz CT molecular complexity index is 364. The van der Waals surface area contributed by atoms with Crippen molar-refractivity contribution in [1.29, 1.82) is 0 Å². The summed E-state index contributed by atoms with van der Waals surface area (Å²) in [5, 5.41) is 3.49. The Kier molecular flexibility index (Phi) is 3.08. The largest absolute Gasteiger partial charge is 0.449 e. The molecule has 0 bridgehead atoms. The minimum atomic E-state index is 0.149. The zero-order valence-corrected chi connectivity index (χ0v) is 10.4. The molecular weight excluding hydrogens is 198 g/mol. The molecule has 1 heterocycles. The van der Waals surface area contributed by atoms with Gasteiger partial charge in [-0.25, -0.2) is 0 Å². The van der Waals surface area contributed by atoms with Crippen molar-refractivity contribution in [3.8, 4) is 0 Å². The fourth-order valence-corrected chi connectivity index (χ4v) is 2.27. The first-order valence-electron chi connectivity index (χ1n) is 6.10. The summed E-state index contributed by atoms with van der Waals surface area (Å²) in [4.78, 5) is 0. The molecule has 2 heteroatoms. The molecule has 0 saturated carbocycles. The quantitative estimate of drug-likeness (QED) is 0.770. The van der Waals surface area contributed by atoms with Gasteiger partial charge in [-0.2, -0.15) is 0 Å². The number of allylic oxidation sites excluding steroid dienone is 1. The van der Waals surface area contributed by atoms with Gasteiger partial charge in [-0.15, -0.1) is 0 Å². The maximum Gasteiger partial charge on any atom is 0.193 e. The van der Waals surface area contributed by atoms with Crippen LogP contribution in [-0.4, -0.2) is 5.54 Å². The second-order valence-corrected chi connectivity index (χ2v) is 5.30. The number of nitrogens with one attached hydrogen (secondary N) is 1. The molecule has 1 aliphatic carbocycles. The lowest BCUT2D eigenvalue weighted by Gasteiger charge is -2.34. The Morgan fingerprint density at radius 3 is 2.75 bits per heavy atom. The van der Waals surface area contributed by atoms with Crippen LogP contribution in [0.15, 0.2) is 34.5 Å². The van der Waals surface area contributed by atoms with Crippen LogP contribution >= 0.6 is 0 Å². The second-order valence-electron chi connectivity index (χ2n) is 5.30. The van der Waals surface area contributed by atoms with Gasteiger partial charge in [0.15, 0.2) is 5.88 Å². The molecule has 1 N–H and O–H groups in total. The zero-order valence-electron chi connectivity index (χ0n) is 10.4. The van der Waals surface area contributed by atoms with E-state index < -0.39 is 0 Å². The van der Waals surface area contributed by atoms with Crippen LogP contribution in [0.3, 0.4) is 0 Å². The smallest absolute Gasteiger partial charge is 0.193 e. The van der Waals surface area contributed by atoms with Gasteiger partial charge in [0.05, 0.1) is 6.26 Å². The molecule has 0 aromatic carbocycles. The Morgan fingerprint density at radius 1 is 1.44 bits per heavy atom. The summed E-state index contributed by atoms with van der Waals surface area (Å²) in [5.41, 5.74) is 1.75. The molecule has 0 amide bonds. The number of hydrogen-bond donors (Lipinski definition) is 1. The van der Waals surface area contributed by atoms with E-state index in [1.807, 2.05) is 12.1 Å². The van der Waals surface area contributed by atoms with E-state index in [1.165, 1.54) is 12.8 Å². The maximum atomic E-state index is 5.34. The Balaban J connectivity index is 2.01. The van der Waals surface area contributed by atoms with Gasteiger partial charge in [-0.1, -0.05) is 25.5 Å². The van der Waals surface area contributed by atoms with E-state index in [4.69, 9.17) is 4.42 Å². The summed E-state index contributed by atoms with van der Waals surface area (Å²) >= 11 is 0. The van der Waals surface area contributed by atoms with Crippen LogP contribution < -0.4 is 5.32 Å². The first-order valence-corrected chi connectivity index (χ1v) is 6.10. The molecule has 0 radical (unpaired) electrons. The van der Waals surface area contributed by atoms with E-state index in [0.717, 1.165) is 12.3 Å². The van der Waals surface area contributed by atoms with Crippen molar-refractivity contribution in [1.82, 2.24) is 0 Å². The first-order chi connectivity index (χ1) is 7.59. The number of hydrogen-bond acceptors (Lipinski definition) is 2. The average Bonchev–Trinajstić information content (AvgIpc) is 2.70. The first kappa shape index (κ1) is 11.3. The van der Waals surface area contributed by atoms with Crippen LogP contribution in [-0.2, 0) is 0 Å². The van der Waals surface area contributed by atoms with Gasteiger partial charge in [0.25, 0.3) is 0 Å². The van der Waals surface area contributed by atoms with Crippen molar-refractivity contribution in [3.63, 3.8) is 0 Å². The summed E-state index contributed by atoms with van der Waals surface area (Å²) < 4.78 is 5.34. The minimum absolute atomic E-state index is 0.149. The summed E-state index contributed by atoms with van der Waals surface area (Å²) in [7, 11) is 0. The molecule has 0 fully saturated rings. The topological polar surface area (TPSA) is 25.2 Å². The summed E-state index contributed by atoms with van der Waals surface area (Å²) in [5.74, 6) is 1.57. The van der Waals surface area contributed by atoms with E-state index in [9.17, 15) is 0 Å². The van der Waals surface area contributed by atoms with E-state index >= 15 is 0 Å². The fourth-order valence-electron chi connectivity index (χ4n) is 2.27. The molecule has 2 rings (SSSR count). The van der Waals surface area contributed by atoms with Crippen molar-refractivity contribution in [2.75, 3.05) is 5.32 Å². The highest BCUT2D eigenvalue weighted by molar-refractivity contribution is 5.35. The zero-order chi connectivity index (χ0) is 11.6. The maximum absolute atomic E-state index is 5.34. The molecule has 88 valence electrons. The molecule has 1 unspecified atom stereocenters. The monoisotopic (exact) mass is 219 g/mol. The van der Waals surface area contributed by atoms with Gasteiger partial charge in [-0.05, 0) is 38.2 Å². The predicted octanol–water partition coefficient (Wildman–Crippen LogP) is 4.22. The second kappa shape index (κ2) is 4.36. The van der Waals surface area contributed by atoms with Crippen molar-refractivity contribution in [2.45, 2.75) is 45.6 Å². The fraction of sp³-hybridized carbons (Fsp3) is 0.571.